The van der Waals surface area contributed by atoms with Gasteiger partial charge in [-0.3, -0.25) is 13.9 Å². The molecule has 0 unspecified atom stereocenters. The Morgan fingerprint density at radius 2 is 1.57 bits per heavy atom. The van der Waals surface area contributed by atoms with E-state index in [1.807, 2.05) is 24.3 Å². The Kier molecular flexibility index (Phi) is 9.09. The maximum Gasteiger partial charge on any atom is 0.264 e. The van der Waals surface area contributed by atoms with E-state index in [1.165, 1.54) is 24.1 Å². The fourth-order valence-corrected chi connectivity index (χ4v) is 5.63. The van der Waals surface area contributed by atoms with Crippen LogP contribution in [-0.4, -0.2) is 44.8 Å². The lowest BCUT2D eigenvalue weighted by molar-refractivity contribution is -0.139. The number of benzene rings is 3. The Morgan fingerprint density at radius 1 is 0.914 bits per heavy atom. The van der Waals surface area contributed by atoms with Crippen LogP contribution >= 0.6 is 31.9 Å². The van der Waals surface area contributed by atoms with Gasteiger partial charge in [0.15, 0.2) is 0 Å². The van der Waals surface area contributed by atoms with Gasteiger partial charge in [-0.2, -0.15) is 0 Å². The first-order valence-corrected chi connectivity index (χ1v) is 13.7. The normalized spacial score (nSPS) is 12.0. The quantitative estimate of drug-likeness (QED) is 0.379. The second-order valence-electron chi connectivity index (χ2n) is 7.74. The number of halogens is 2. The van der Waals surface area contributed by atoms with Gasteiger partial charge in [0.25, 0.3) is 10.0 Å². The lowest BCUT2D eigenvalue weighted by atomic mass is 10.1. The highest BCUT2D eigenvalue weighted by Crippen LogP contribution is 2.26. The number of likely N-dealkylation sites (N-methyl/N-ethyl adjacent to an activating group) is 1. The van der Waals surface area contributed by atoms with Crippen LogP contribution < -0.4 is 9.62 Å². The van der Waals surface area contributed by atoms with Crippen LogP contribution in [0.4, 0.5) is 5.69 Å². The summed E-state index contributed by atoms with van der Waals surface area (Å²) in [5.74, 6) is -0.863. The van der Waals surface area contributed by atoms with Crippen LogP contribution in [0.3, 0.4) is 0 Å². The Hall–Kier alpha value is -2.69. The monoisotopic (exact) mass is 621 g/mol. The molecule has 35 heavy (non-hydrogen) atoms. The second kappa shape index (κ2) is 11.8. The highest BCUT2D eigenvalue weighted by Gasteiger charge is 2.32. The zero-order valence-corrected chi connectivity index (χ0v) is 23.2. The standard InChI is InChI=1S/C25H25Br2N3O4S/c1-18(25(32)28-2)29(16-19-7-6-8-21(27)15-19)24(31)17-30(22-13-11-20(26)12-14-22)35(33,34)23-9-4-3-5-10-23/h3-15,18H,16-17H2,1-2H3,(H,28,32)/t18-/m1/s1. The molecule has 1 atom stereocenters. The van der Waals surface area contributed by atoms with E-state index in [0.717, 1.165) is 18.8 Å². The van der Waals surface area contributed by atoms with Crippen molar-refractivity contribution >= 4 is 59.4 Å². The molecule has 0 aromatic heterocycles. The van der Waals surface area contributed by atoms with Crippen LogP contribution in [0.1, 0.15) is 12.5 Å². The van der Waals surface area contributed by atoms with Crippen molar-refractivity contribution in [2.24, 2.45) is 0 Å². The van der Waals surface area contributed by atoms with E-state index >= 15 is 0 Å². The van der Waals surface area contributed by atoms with Crippen molar-refractivity contribution in [3.63, 3.8) is 0 Å². The molecule has 3 aromatic rings. The number of nitrogens with zero attached hydrogens (tertiary/aromatic N) is 2. The molecule has 0 fully saturated rings. The van der Waals surface area contributed by atoms with E-state index in [9.17, 15) is 18.0 Å². The molecule has 3 aromatic carbocycles. The molecule has 10 heteroatoms. The van der Waals surface area contributed by atoms with Crippen LogP contribution in [0.25, 0.3) is 0 Å². The molecule has 0 heterocycles. The SMILES string of the molecule is CNC(=O)[C@@H](C)N(Cc1cccc(Br)c1)C(=O)CN(c1ccc(Br)cc1)S(=O)(=O)c1ccccc1. The third kappa shape index (κ3) is 6.71. The van der Waals surface area contributed by atoms with Crippen molar-refractivity contribution in [1.29, 1.82) is 0 Å². The summed E-state index contributed by atoms with van der Waals surface area (Å²) in [5.41, 5.74) is 1.13. The van der Waals surface area contributed by atoms with Crippen LogP contribution in [0.2, 0.25) is 0 Å². The summed E-state index contributed by atoms with van der Waals surface area (Å²) in [7, 11) is -2.57. The van der Waals surface area contributed by atoms with E-state index in [-0.39, 0.29) is 17.3 Å². The summed E-state index contributed by atoms with van der Waals surface area (Å²) >= 11 is 6.78. The van der Waals surface area contributed by atoms with Gasteiger partial charge in [0, 0.05) is 22.5 Å². The molecule has 0 saturated heterocycles. The number of hydrogen-bond donors (Lipinski definition) is 1. The predicted molar refractivity (Wildman–Crippen MR) is 143 cm³/mol. The smallest absolute Gasteiger partial charge is 0.264 e. The summed E-state index contributed by atoms with van der Waals surface area (Å²) in [4.78, 5) is 27.6. The van der Waals surface area contributed by atoms with E-state index < -0.39 is 28.5 Å². The van der Waals surface area contributed by atoms with Crippen molar-refractivity contribution in [2.75, 3.05) is 17.9 Å². The number of nitrogens with one attached hydrogen (secondary N) is 1. The highest BCUT2D eigenvalue weighted by atomic mass is 79.9. The molecule has 0 bridgehead atoms. The molecule has 0 aliphatic carbocycles. The number of carbonyl (C=O) groups excluding carboxylic acids is 2. The van der Waals surface area contributed by atoms with Gasteiger partial charge in [-0.15, -0.1) is 0 Å². The third-order valence-corrected chi connectivity index (χ3v) is 8.19. The number of anilines is 1. The van der Waals surface area contributed by atoms with Crippen LogP contribution in [0, 0.1) is 0 Å². The second-order valence-corrected chi connectivity index (χ2v) is 11.4. The topological polar surface area (TPSA) is 86.8 Å². The first-order valence-electron chi connectivity index (χ1n) is 10.7. The number of hydrogen-bond acceptors (Lipinski definition) is 4. The van der Waals surface area contributed by atoms with E-state index in [0.29, 0.717) is 5.69 Å². The van der Waals surface area contributed by atoms with E-state index in [4.69, 9.17) is 0 Å². The van der Waals surface area contributed by atoms with Crippen molar-refractivity contribution < 1.29 is 18.0 Å². The minimum atomic E-state index is -4.06. The van der Waals surface area contributed by atoms with Gasteiger partial charge >= 0.3 is 0 Å². The van der Waals surface area contributed by atoms with Crippen LogP contribution in [0.15, 0.2) is 92.7 Å². The Bertz CT molecular complexity index is 1290. The number of carbonyl (C=O) groups is 2. The van der Waals surface area contributed by atoms with E-state index in [1.54, 1.807) is 49.4 Å². The molecule has 1 N–H and O–H groups in total. The third-order valence-electron chi connectivity index (χ3n) is 5.38. The van der Waals surface area contributed by atoms with Crippen molar-refractivity contribution in [3.05, 3.63) is 93.4 Å². The minimum absolute atomic E-state index is 0.0635. The van der Waals surface area contributed by atoms with Gasteiger partial charge < -0.3 is 10.2 Å². The summed E-state index contributed by atoms with van der Waals surface area (Å²) in [6, 6.07) is 21.2. The Morgan fingerprint density at radius 3 is 2.17 bits per heavy atom. The first-order chi connectivity index (χ1) is 16.6. The Balaban J connectivity index is 2.01. The average Bonchev–Trinajstić information content (AvgIpc) is 2.86. The molecular formula is C25H25Br2N3O4S. The molecule has 3 rings (SSSR count). The molecule has 7 nitrogen and oxygen atoms in total. The van der Waals surface area contributed by atoms with Gasteiger partial charge in [-0.25, -0.2) is 8.42 Å². The number of rotatable bonds is 9. The van der Waals surface area contributed by atoms with Gasteiger partial charge in [0.05, 0.1) is 10.6 Å². The largest absolute Gasteiger partial charge is 0.357 e. The predicted octanol–water partition coefficient (Wildman–Crippen LogP) is 4.57. The molecule has 0 spiro atoms. The van der Waals surface area contributed by atoms with Crippen molar-refractivity contribution in [1.82, 2.24) is 10.2 Å². The maximum absolute atomic E-state index is 13.6. The average molecular weight is 623 g/mol. The molecular weight excluding hydrogens is 598 g/mol. The van der Waals surface area contributed by atoms with Crippen LogP contribution in [-0.2, 0) is 26.2 Å². The van der Waals surface area contributed by atoms with Gasteiger partial charge in [-0.05, 0) is 61.0 Å². The highest BCUT2D eigenvalue weighted by molar-refractivity contribution is 9.10. The molecule has 0 aliphatic rings. The summed E-state index contributed by atoms with van der Waals surface area (Å²) in [5, 5.41) is 2.57. The number of amides is 2. The summed E-state index contributed by atoms with van der Waals surface area (Å²) in [6.45, 7) is 1.27. The van der Waals surface area contributed by atoms with E-state index in [2.05, 4.69) is 37.2 Å². The summed E-state index contributed by atoms with van der Waals surface area (Å²) in [6.07, 6.45) is 0. The molecule has 0 saturated carbocycles. The van der Waals surface area contributed by atoms with Gasteiger partial charge in [0.1, 0.15) is 12.6 Å². The molecule has 184 valence electrons. The number of sulfonamides is 1. The fourth-order valence-electron chi connectivity index (χ4n) is 3.48. The fraction of sp³-hybridized carbons (Fsp3) is 0.200. The van der Waals surface area contributed by atoms with Gasteiger partial charge in [-0.1, -0.05) is 62.2 Å². The summed E-state index contributed by atoms with van der Waals surface area (Å²) < 4.78 is 29.9. The zero-order valence-electron chi connectivity index (χ0n) is 19.2. The minimum Gasteiger partial charge on any atom is -0.357 e. The Labute approximate surface area is 222 Å². The van der Waals surface area contributed by atoms with Crippen molar-refractivity contribution in [2.45, 2.75) is 24.4 Å². The van der Waals surface area contributed by atoms with Crippen molar-refractivity contribution in [3.8, 4) is 0 Å². The molecule has 2 amide bonds. The zero-order chi connectivity index (χ0) is 25.6. The lowest BCUT2D eigenvalue weighted by Gasteiger charge is -2.31. The van der Waals surface area contributed by atoms with Gasteiger partial charge in [0.2, 0.25) is 11.8 Å². The maximum atomic E-state index is 13.6. The molecule has 0 aliphatic heterocycles. The molecule has 0 radical (unpaired) electrons. The first kappa shape index (κ1) is 26.9. The van der Waals surface area contributed by atoms with Crippen LogP contribution in [0.5, 0.6) is 0 Å². The lowest BCUT2D eigenvalue weighted by Crippen LogP contribution is -2.50.